The van der Waals surface area contributed by atoms with Gasteiger partial charge in [-0.25, -0.2) is 0 Å². The lowest BCUT2D eigenvalue weighted by Crippen LogP contribution is -2.34. The number of carbonyl (C=O) groups is 1. The summed E-state index contributed by atoms with van der Waals surface area (Å²) in [5, 5.41) is 4.29. The molecule has 0 aromatic carbocycles. The molecule has 1 unspecified atom stereocenters. The van der Waals surface area contributed by atoms with E-state index >= 15 is 0 Å². The Hall–Kier alpha value is -0.680. The van der Waals surface area contributed by atoms with Crippen LogP contribution in [-0.2, 0) is 4.74 Å². The predicted octanol–water partition coefficient (Wildman–Crippen LogP) is 4.00. The van der Waals surface area contributed by atoms with Gasteiger partial charge in [-0.3, -0.25) is 9.48 Å². The fourth-order valence-corrected chi connectivity index (χ4v) is 3.52. The third-order valence-electron chi connectivity index (χ3n) is 4.06. The first-order chi connectivity index (χ1) is 9.56. The normalized spacial score (nSPS) is 18.4. The van der Waals surface area contributed by atoms with Crippen LogP contribution in [0.4, 0.5) is 0 Å². The van der Waals surface area contributed by atoms with Crippen molar-refractivity contribution in [3.05, 3.63) is 16.4 Å². The smallest absolute Gasteiger partial charge is 0.210 e. The molecule has 112 valence electrons. The lowest BCUT2D eigenvalue weighted by atomic mass is 9.83. The second-order valence-electron chi connectivity index (χ2n) is 5.80. The SMILES string of the molecule is COC(C(=O)c1c(Br)cnn1C(C)C)C1CCCCC1. The maximum Gasteiger partial charge on any atom is 0.210 e. The maximum absolute atomic E-state index is 12.9. The molecule has 1 fully saturated rings. The van der Waals surface area contributed by atoms with Crippen molar-refractivity contribution in [2.75, 3.05) is 7.11 Å². The highest BCUT2D eigenvalue weighted by molar-refractivity contribution is 9.10. The molecule has 0 aliphatic heterocycles. The number of rotatable bonds is 5. The fraction of sp³-hybridized carbons (Fsp3) is 0.733. The Morgan fingerprint density at radius 3 is 2.60 bits per heavy atom. The van der Waals surface area contributed by atoms with Crippen LogP contribution in [0.25, 0.3) is 0 Å². The van der Waals surface area contributed by atoms with Crippen molar-refractivity contribution in [3.63, 3.8) is 0 Å². The average molecular weight is 343 g/mol. The van der Waals surface area contributed by atoms with Crippen molar-refractivity contribution in [2.24, 2.45) is 5.92 Å². The van der Waals surface area contributed by atoms with Gasteiger partial charge < -0.3 is 4.74 Å². The molecule has 0 amide bonds. The fourth-order valence-electron chi connectivity index (χ4n) is 3.05. The lowest BCUT2D eigenvalue weighted by Gasteiger charge is -2.28. The van der Waals surface area contributed by atoms with E-state index in [2.05, 4.69) is 21.0 Å². The van der Waals surface area contributed by atoms with E-state index < -0.39 is 0 Å². The number of aromatic nitrogens is 2. The highest BCUT2D eigenvalue weighted by atomic mass is 79.9. The average Bonchev–Trinajstić information content (AvgIpc) is 2.82. The van der Waals surface area contributed by atoms with Gasteiger partial charge in [0.25, 0.3) is 0 Å². The summed E-state index contributed by atoms with van der Waals surface area (Å²) in [6, 6.07) is 0.157. The Bertz CT molecular complexity index is 464. The molecular formula is C15H23BrN2O2. The standard InChI is InChI=1S/C15H23BrN2O2/c1-10(2)18-13(12(16)9-17-18)14(19)15(20-3)11-7-5-4-6-8-11/h9-11,15H,4-8H2,1-3H3. The monoisotopic (exact) mass is 342 g/mol. The summed E-state index contributed by atoms with van der Waals surface area (Å²) >= 11 is 3.45. The number of halogens is 1. The molecular weight excluding hydrogens is 320 g/mol. The summed E-state index contributed by atoms with van der Waals surface area (Å²) in [5.74, 6) is 0.390. The van der Waals surface area contributed by atoms with Gasteiger partial charge in [-0.1, -0.05) is 19.3 Å². The molecule has 1 aliphatic rings. The quantitative estimate of drug-likeness (QED) is 0.759. The molecule has 4 nitrogen and oxygen atoms in total. The zero-order chi connectivity index (χ0) is 14.7. The van der Waals surface area contributed by atoms with Gasteiger partial charge in [-0.05, 0) is 48.5 Å². The Kier molecular flexibility index (Phi) is 5.38. The summed E-state index contributed by atoms with van der Waals surface area (Å²) in [7, 11) is 1.64. The molecule has 1 aromatic heterocycles. The van der Waals surface area contributed by atoms with Crippen LogP contribution >= 0.6 is 15.9 Å². The van der Waals surface area contributed by atoms with Crippen molar-refractivity contribution < 1.29 is 9.53 Å². The second kappa shape index (κ2) is 6.85. The van der Waals surface area contributed by atoms with E-state index in [0.29, 0.717) is 11.6 Å². The number of hydrogen-bond donors (Lipinski definition) is 0. The van der Waals surface area contributed by atoms with E-state index in [4.69, 9.17) is 4.74 Å². The van der Waals surface area contributed by atoms with Crippen LogP contribution in [0.2, 0.25) is 0 Å². The number of Topliss-reactive ketones (excluding diaryl/α,β-unsaturated/α-hetero) is 1. The summed E-state index contributed by atoms with van der Waals surface area (Å²) < 4.78 is 8.09. The van der Waals surface area contributed by atoms with Crippen molar-refractivity contribution in [1.29, 1.82) is 0 Å². The van der Waals surface area contributed by atoms with E-state index in [1.165, 1.54) is 19.3 Å². The zero-order valence-electron chi connectivity index (χ0n) is 12.4. The van der Waals surface area contributed by atoms with Gasteiger partial charge in [0.2, 0.25) is 5.78 Å². The molecule has 1 saturated carbocycles. The van der Waals surface area contributed by atoms with Crippen LogP contribution in [0.3, 0.4) is 0 Å². The Balaban J connectivity index is 2.26. The molecule has 0 radical (unpaired) electrons. The van der Waals surface area contributed by atoms with Gasteiger partial charge in [-0.2, -0.15) is 5.10 Å². The zero-order valence-corrected chi connectivity index (χ0v) is 14.0. The first-order valence-corrected chi connectivity index (χ1v) is 8.15. The van der Waals surface area contributed by atoms with Crippen LogP contribution in [-0.4, -0.2) is 28.8 Å². The highest BCUT2D eigenvalue weighted by Gasteiger charge is 2.33. The molecule has 5 heteroatoms. The van der Waals surface area contributed by atoms with Crippen LogP contribution in [0.5, 0.6) is 0 Å². The van der Waals surface area contributed by atoms with Gasteiger partial charge in [0, 0.05) is 13.2 Å². The minimum absolute atomic E-state index is 0.0532. The van der Waals surface area contributed by atoms with Gasteiger partial charge in [0.1, 0.15) is 11.8 Å². The molecule has 2 rings (SSSR count). The van der Waals surface area contributed by atoms with Crippen molar-refractivity contribution >= 4 is 21.7 Å². The molecule has 0 spiro atoms. The summed E-state index contributed by atoms with van der Waals surface area (Å²) in [6.45, 7) is 4.05. The first kappa shape index (κ1) is 15.7. The van der Waals surface area contributed by atoms with Crippen LogP contribution in [0.15, 0.2) is 10.7 Å². The largest absolute Gasteiger partial charge is 0.373 e. The minimum Gasteiger partial charge on any atom is -0.373 e. The van der Waals surface area contributed by atoms with Gasteiger partial charge in [0.15, 0.2) is 0 Å². The Labute approximate surface area is 129 Å². The number of nitrogens with zero attached hydrogens (tertiary/aromatic N) is 2. The molecule has 20 heavy (non-hydrogen) atoms. The molecule has 0 N–H and O–H groups in total. The number of hydrogen-bond acceptors (Lipinski definition) is 3. The second-order valence-corrected chi connectivity index (χ2v) is 6.65. The molecule has 1 aliphatic carbocycles. The predicted molar refractivity (Wildman–Crippen MR) is 82.0 cm³/mol. The maximum atomic E-state index is 12.9. The Morgan fingerprint density at radius 2 is 2.05 bits per heavy atom. The van der Waals surface area contributed by atoms with Crippen LogP contribution < -0.4 is 0 Å². The van der Waals surface area contributed by atoms with E-state index in [0.717, 1.165) is 17.3 Å². The molecule has 1 aromatic rings. The van der Waals surface area contributed by atoms with Crippen molar-refractivity contribution in [3.8, 4) is 0 Å². The van der Waals surface area contributed by atoms with E-state index in [9.17, 15) is 4.79 Å². The van der Waals surface area contributed by atoms with Crippen LogP contribution in [0, 0.1) is 5.92 Å². The van der Waals surface area contributed by atoms with Crippen molar-refractivity contribution in [1.82, 2.24) is 9.78 Å². The first-order valence-electron chi connectivity index (χ1n) is 7.36. The van der Waals surface area contributed by atoms with Gasteiger partial charge >= 0.3 is 0 Å². The summed E-state index contributed by atoms with van der Waals surface area (Å²) in [5.41, 5.74) is 0.637. The van der Waals surface area contributed by atoms with Gasteiger partial charge in [0.05, 0.1) is 10.7 Å². The number of ketones is 1. The molecule has 1 heterocycles. The number of methoxy groups -OCH3 is 1. The summed E-state index contributed by atoms with van der Waals surface area (Å²) in [6.07, 6.45) is 7.18. The Morgan fingerprint density at radius 1 is 1.40 bits per heavy atom. The molecule has 0 bridgehead atoms. The summed E-state index contributed by atoms with van der Waals surface area (Å²) in [4.78, 5) is 12.9. The lowest BCUT2D eigenvalue weighted by molar-refractivity contribution is 0.0303. The van der Waals surface area contributed by atoms with Gasteiger partial charge in [-0.15, -0.1) is 0 Å². The molecule has 1 atom stereocenters. The number of carbonyl (C=O) groups excluding carboxylic acids is 1. The third-order valence-corrected chi connectivity index (χ3v) is 4.64. The van der Waals surface area contributed by atoms with E-state index in [1.807, 2.05) is 13.8 Å². The highest BCUT2D eigenvalue weighted by Crippen LogP contribution is 2.31. The van der Waals surface area contributed by atoms with E-state index in [-0.39, 0.29) is 17.9 Å². The van der Waals surface area contributed by atoms with Crippen molar-refractivity contribution in [2.45, 2.75) is 58.1 Å². The topological polar surface area (TPSA) is 44.1 Å². The van der Waals surface area contributed by atoms with Crippen LogP contribution in [0.1, 0.15) is 62.5 Å². The minimum atomic E-state index is -0.346. The number of ether oxygens (including phenoxy) is 1. The molecule has 0 saturated heterocycles. The third kappa shape index (κ3) is 3.14. The van der Waals surface area contributed by atoms with E-state index in [1.54, 1.807) is 18.0 Å².